The molecule has 3 aromatic heterocycles. The summed E-state index contributed by atoms with van der Waals surface area (Å²) in [5, 5.41) is 3.95. The summed E-state index contributed by atoms with van der Waals surface area (Å²) in [4.78, 5) is 8.83. The Labute approximate surface area is 137 Å². The summed E-state index contributed by atoms with van der Waals surface area (Å²) >= 11 is 0. The van der Waals surface area contributed by atoms with Gasteiger partial charge < -0.3 is 8.92 Å². The fourth-order valence-corrected chi connectivity index (χ4v) is 3.20. The molecule has 0 N–H and O–H groups in total. The zero-order chi connectivity index (χ0) is 16.6. The quantitative estimate of drug-likeness (QED) is 0.734. The van der Waals surface area contributed by atoms with Crippen molar-refractivity contribution in [3.05, 3.63) is 47.5 Å². The first-order valence-corrected chi connectivity index (χ1v) is 8.93. The fraction of sp³-hybridized carbons (Fsp3) is 0.438. The molecule has 3 rings (SSSR count). The topological polar surface area (TPSA) is 73.3 Å². The molecule has 6 nitrogen and oxygen atoms in total. The van der Waals surface area contributed by atoms with Gasteiger partial charge in [0, 0.05) is 28.1 Å². The lowest BCUT2D eigenvalue weighted by Crippen LogP contribution is -2.13. The van der Waals surface area contributed by atoms with Crippen molar-refractivity contribution in [1.29, 1.82) is 0 Å². The Bertz CT molecular complexity index is 860. The molecule has 0 saturated heterocycles. The Balaban J connectivity index is 1.71. The molecule has 1 atom stereocenters. The molecule has 0 aliphatic rings. The fourth-order valence-electron chi connectivity index (χ4n) is 2.24. The maximum atomic E-state index is 12.3. The Morgan fingerprint density at radius 3 is 2.65 bits per heavy atom. The second kappa shape index (κ2) is 5.88. The van der Waals surface area contributed by atoms with Crippen molar-refractivity contribution >= 4 is 16.4 Å². The van der Waals surface area contributed by atoms with Crippen LogP contribution in [0.3, 0.4) is 0 Å². The lowest BCUT2D eigenvalue weighted by atomic mass is 9.96. The molecule has 3 heterocycles. The summed E-state index contributed by atoms with van der Waals surface area (Å²) < 4.78 is 19.5. The van der Waals surface area contributed by atoms with Crippen molar-refractivity contribution in [2.45, 2.75) is 44.6 Å². The van der Waals surface area contributed by atoms with E-state index < -0.39 is 10.8 Å². The van der Waals surface area contributed by atoms with E-state index in [0.29, 0.717) is 17.5 Å². The number of rotatable bonds is 4. The number of hydrogen-bond acceptors (Lipinski definition) is 5. The number of fused-ring (bicyclic) bond motifs is 1. The summed E-state index contributed by atoms with van der Waals surface area (Å²) in [5.41, 5.74) is 2.58. The van der Waals surface area contributed by atoms with Crippen LogP contribution in [-0.2, 0) is 27.7 Å². The van der Waals surface area contributed by atoms with Crippen LogP contribution in [0.1, 0.15) is 43.9 Å². The van der Waals surface area contributed by atoms with Gasteiger partial charge in [-0.05, 0) is 19.1 Å². The molecular weight excluding hydrogens is 312 g/mol. The van der Waals surface area contributed by atoms with Crippen molar-refractivity contribution in [3.8, 4) is 0 Å². The van der Waals surface area contributed by atoms with Crippen LogP contribution in [0.4, 0.5) is 0 Å². The lowest BCUT2D eigenvalue weighted by Gasteiger charge is -2.10. The first-order valence-electron chi connectivity index (χ1n) is 7.44. The summed E-state index contributed by atoms with van der Waals surface area (Å²) in [7, 11) is -1.14. The third kappa shape index (κ3) is 3.50. The highest BCUT2D eigenvalue weighted by Crippen LogP contribution is 2.19. The van der Waals surface area contributed by atoms with E-state index in [2.05, 4.69) is 15.1 Å². The highest BCUT2D eigenvalue weighted by Gasteiger charge is 2.21. The highest BCUT2D eigenvalue weighted by atomic mass is 32.2. The van der Waals surface area contributed by atoms with Gasteiger partial charge in [0.1, 0.15) is 11.4 Å². The molecule has 0 spiro atoms. The van der Waals surface area contributed by atoms with Crippen molar-refractivity contribution in [2.75, 3.05) is 0 Å². The van der Waals surface area contributed by atoms with Gasteiger partial charge in [0.25, 0.3) is 0 Å². The van der Waals surface area contributed by atoms with Crippen LogP contribution in [0.2, 0.25) is 0 Å². The zero-order valence-corrected chi connectivity index (χ0v) is 14.6. The van der Waals surface area contributed by atoms with E-state index in [-0.39, 0.29) is 11.2 Å². The van der Waals surface area contributed by atoms with Crippen molar-refractivity contribution in [1.82, 2.24) is 19.5 Å². The molecule has 0 saturated carbocycles. The minimum absolute atomic E-state index is 0.178. The monoisotopic (exact) mass is 332 g/mol. The number of aromatic nitrogens is 4. The third-order valence-corrected chi connectivity index (χ3v) is 4.66. The minimum Gasteiger partial charge on any atom is -0.338 e. The number of imidazole rings is 1. The van der Waals surface area contributed by atoms with Crippen molar-refractivity contribution < 1.29 is 8.73 Å². The van der Waals surface area contributed by atoms with Gasteiger partial charge in [-0.3, -0.25) is 4.21 Å². The number of nitrogens with zero attached hydrogens (tertiary/aromatic N) is 4. The second-order valence-corrected chi connectivity index (χ2v) is 8.07. The van der Waals surface area contributed by atoms with Crippen LogP contribution in [0.25, 0.3) is 5.65 Å². The number of hydrogen-bond donors (Lipinski definition) is 0. The molecule has 0 aliphatic heterocycles. The predicted molar refractivity (Wildman–Crippen MR) is 88.5 cm³/mol. The molecule has 0 amide bonds. The minimum atomic E-state index is -1.14. The van der Waals surface area contributed by atoms with Gasteiger partial charge in [-0.25, -0.2) is 4.98 Å². The Kier molecular flexibility index (Phi) is 4.06. The standard InChI is InChI=1S/C16H20N4O2S/c1-11-6-5-7-13-17-12(8-20(11)13)9-23(21)10-14-18-15(19-22-14)16(2,3)4/h5-8H,9-10H2,1-4H3/t23-/m0/s1. The van der Waals surface area contributed by atoms with Crippen LogP contribution in [0, 0.1) is 6.92 Å². The van der Waals surface area contributed by atoms with Crippen molar-refractivity contribution in [2.24, 2.45) is 0 Å². The van der Waals surface area contributed by atoms with E-state index in [1.165, 1.54) is 0 Å². The first kappa shape index (κ1) is 15.9. The van der Waals surface area contributed by atoms with Gasteiger partial charge in [0.2, 0.25) is 5.89 Å². The molecular formula is C16H20N4O2S. The van der Waals surface area contributed by atoms with E-state index >= 15 is 0 Å². The van der Waals surface area contributed by atoms with Crippen LogP contribution < -0.4 is 0 Å². The highest BCUT2D eigenvalue weighted by molar-refractivity contribution is 7.83. The molecule has 0 radical (unpaired) electrons. The molecule has 0 fully saturated rings. The average Bonchev–Trinajstić information content (AvgIpc) is 3.05. The summed E-state index contributed by atoms with van der Waals surface area (Å²) in [6.45, 7) is 8.05. The molecule has 23 heavy (non-hydrogen) atoms. The normalized spacial score (nSPS) is 13.6. The van der Waals surface area contributed by atoms with Gasteiger partial charge in [0.05, 0.1) is 11.4 Å². The van der Waals surface area contributed by atoms with Crippen molar-refractivity contribution in [3.63, 3.8) is 0 Å². The SMILES string of the molecule is Cc1cccc2nc(C[S@](=O)Cc3nc(C(C)(C)C)no3)cn12. The van der Waals surface area contributed by atoms with Gasteiger partial charge in [0.15, 0.2) is 5.82 Å². The third-order valence-electron chi connectivity index (χ3n) is 3.48. The largest absolute Gasteiger partial charge is 0.338 e. The lowest BCUT2D eigenvalue weighted by molar-refractivity contribution is 0.372. The summed E-state index contributed by atoms with van der Waals surface area (Å²) in [5.74, 6) is 1.66. The van der Waals surface area contributed by atoms with Gasteiger partial charge in [-0.15, -0.1) is 0 Å². The van der Waals surface area contributed by atoms with E-state index in [4.69, 9.17) is 4.52 Å². The molecule has 0 aromatic carbocycles. The predicted octanol–water partition coefficient (Wildman–Crippen LogP) is 2.77. The Hall–Kier alpha value is -2.02. The number of pyridine rings is 1. The maximum Gasteiger partial charge on any atom is 0.239 e. The van der Waals surface area contributed by atoms with Crippen LogP contribution >= 0.6 is 0 Å². The smallest absolute Gasteiger partial charge is 0.239 e. The Morgan fingerprint density at radius 2 is 2.00 bits per heavy atom. The molecule has 0 aliphatic carbocycles. The van der Waals surface area contributed by atoms with Gasteiger partial charge in [-0.1, -0.05) is 32.0 Å². The summed E-state index contributed by atoms with van der Waals surface area (Å²) in [6, 6.07) is 5.92. The molecule has 7 heteroatoms. The van der Waals surface area contributed by atoms with Gasteiger partial charge in [-0.2, -0.15) is 4.98 Å². The summed E-state index contributed by atoms with van der Waals surface area (Å²) in [6.07, 6.45) is 1.93. The second-order valence-electron chi connectivity index (χ2n) is 6.62. The first-order chi connectivity index (χ1) is 10.8. The van der Waals surface area contributed by atoms with Crippen LogP contribution in [-0.4, -0.2) is 23.7 Å². The molecule has 0 bridgehead atoms. The zero-order valence-electron chi connectivity index (χ0n) is 13.7. The van der Waals surface area contributed by atoms with E-state index in [9.17, 15) is 4.21 Å². The van der Waals surface area contributed by atoms with Gasteiger partial charge >= 0.3 is 0 Å². The maximum absolute atomic E-state index is 12.3. The van der Waals surface area contributed by atoms with E-state index in [1.807, 2.05) is 56.5 Å². The van der Waals surface area contributed by atoms with Crippen LogP contribution in [0.5, 0.6) is 0 Å². The molecule has 3 aromatic rings. The molecule has 122 valence electrons. The molecule has 0 unspecified atom stereocenters. The Morgan fingerprint density at radius 1 is 1.22 bits per heavy atom. The van der Waals surface area contributed by atoms with Crippen LogP contribution in [0.15, 0.2) is 28.9 Å². The number of aryl methyl sites for hydroxylation is 1. The van der Waals surface area contributed by atoms with E-state index in [0.717, 1.165) is 17.0 Å². The average molecular weight is 332 g/mol. The van der Waals surface area contributed by atoms with E-state index in [1.54, 1.807) is 0 Å².